The van der Waals surface area contributed by atoms with Crippen molar-refractivity contribution in [3.8, 4) is 5.75 Å². The molecule has 1 aliphatic rings. The summed E-state index contributed by atoms with van der Waals surface area (Å²) in [6.45, 7) is 7.22. The molecular formula is C20H32F2IN3O3. The molecule has 0 atom stereocenters. The highest BCUT2D eigenvalue weighted by atomic mass is 127. The van der Waals surface area contributed by atoms with E-state index in [9.17, 15) is 8.78 Å². The Bertz CT molecular complexity index is 602. The quantitative estimate of drug-likeness (QED) is 0.200. The molecule has 1 aromatic rings. The number of ether oxygens (including phenoxy) is 3. The first-order valence-corrected chi connectivity index (χ1v) is 9.94. The molecule has 0 radical (unpaired) electrons. The monoisotopic (exact) mass is 527 g/mol. The van der Waals surface area contributed by atoms with Crippen LogP contribution in [0.4, 0.5) is 8.78 Å². The van der Waals surface area contributed by atoms with Crippen molar-refractivity contribution in [2.45, 2.75) is 26.2 Å². The number of nitrogens with one attached hydrogen (secondary N) is 2. The Labute approximate surface area is 188 Å². The van der Waals surface area contributed by atoms with E-state index >= 15 is 0 Å². The first-order valence-electron chi connectivity index (χ1n) is 9.94. The summed E-state index contributed by atoms with van der Waals surface area (Å²) in [4.78, 5) is 4.49. The lowest BCUT2D eigenvalue weighted by atomic mass is 10.0. The van der Waals surface area contributed by atoms with E-state index in [4.69, 9.17) is 14.2 Å². The van der Waals surface area contributed by atoms with E-state index in [1.54, 1.807) is 0 Å². The predicted molar refractivity (Wildman–Crippen MR) is 120 cm³/mol. The Morgan fingerprint density at radius 1 is 1.21 bits per heavy atom. The average Bonchev–Trinajstić information content (AvgIpc) is 2.70. The molecule has 1 heterocycles. The number of nitrogens with zero attached hydrogens (tertiary/aromatic N) is 1. The molecule has 0 bridgehead atoms. The molecule has 0 amide bonds. The Morgan fingerprint density at radius 3 is 2.72 bits per heavy atom. The van der Waals surface area contributed by atoms with E-state index in [0.717, 1.165) is 51.7 Å². The highest BCUT2D eigenvalue weighted by Gasteiger charge is 2.13. The first kappa shape index (κ1) is 25.8. The maximum absolute atomic E-state index is 13.5. The van der Waals surface area contributed by atoms with Gasteiger partial charge in [-0.3, -0.25) is 4.99 Å². The van der Waals surface area contributed by atoms with Crippen LogP contribution in [0.2, 0.25) is 0 Å². The zero-order valence-electron chi connectivity index (χ0n) is 16.9. The van der Waals surface area contributed by atoms with Gasteiger partial charge >= 0.3 is 0 Å². The topological polar surface area (TPSA) is 64.1 Å². The molecule has 1 fully saturated rings. The van der Waals surface area contributed by atoms with Crippen LogP contribution in [0.5, 0.6) is 5.75 Å². The number of aliphatic imine (C=N–C) groups is 1. The molecule has 1 saturated heterocycles. The highest BCUT2D eigenvalue weighted by molar-refractivity contribution is 14.0. The van der Waals surface area contributed by atoms with Gasteiger partial charge in [0.05, 0.1) is 6.54 Å². The van der Waals surface area contributed by atoms with Gasteiger partial charge in [-0.15, -0.1) is 24.0 Å². The van der Waals surface area contributed by atoms with Crippen molar-refractivity contribution in [3.05, 3.63) is 29.8 Å². The van der Waals surface area contributed by atoms with Crippen molar-refractivity contribution in [3.63, 3.8) is 0 Å². The van der Waals surface area contributed by atoms with Crippen LogP contribution >= 0.6 is 24.0 Å². The minimum absolute atomic E-state index is 0. The van der Waals surface area contributed by atoms with Crippen LogP contribution in [-0.2, 0) is 9.47 Å². The largest absolute Gasteiger partial charge is 0.489 e. The fraction of sp³-hybridized carbons (Fsp3) is 0.650. The number of guanidine groups is 1. The molecule has 0 aliphatic carbocycles. The summed E-state index contributed by atoms with van der Waals surface area (Å²) in [5, 5.41) is 6.27. The van der Waals surface area contributed by atoms with Crippen LogP contribution in [0, 0.1) is 17.6 Å². The Balaban J connectivity index is 0.00000420. The summed E-state index contributed by atoms with van der Waals surface area (Å²) in [5.41, 5.74) is 0. The SMILES string of the molecule is CCNC(=NCCCOCC1CCOCC1)NCCOc1ccc(F)cc1F.I. The third-order valence-electron chi connectivity index (χ3n) is 4.30. The normalized spacial score (nSPS) is 14.9. The lowest BCUT2D eigenvalue weighted by molar-refractivity contribution is 0.0205. The molecule has 0 unspecified atom stereocenters. The zero-order valence-corrected chi connectivity index (χ0v) is 19.3. The summed E-state index contributed by atoms with van der Waals surface area (Å²) < 4.78 is 42.8. The third-order valence-corrected chi connectivity index (χ3v) is 4.30. The first-order chi connectivity index (χ1) is 13.7. The standard InChI is InChI=1S/C20H31F2N3O3.HI/c1-2-23-20(24-8-3-10-27-15-16-6-11-26-12-7-16)25-9-13-28-19-5-4-17(21)14-18(19)22;/h4-5,14,16H,2-3,6-13,15H2,1H3,(H2,23,24,25);1H. The minimum atomic E-state index is -0.707. The third kappa shape index (κ3) is 10.9. The Kier molecular flexibility index (Phi) is 13.9. The molecule has 0 spiro atoms. The van der Waals surface area contributed by atoms with Gasteiger partial charge in [0.15, 0.2) is 17.5 Å². The number of hydrogen-bond donors (Lipinski definition) is 2. The molecule has 166 valence electrons. The minimum Gasteiger partial charge on any atom is -0.489 e. The van der Waals surface area contributed by atoms with Gasteiger partial charge in [-0.05, 0) is 44.2 Å². The van der Waals surface area contributed by atoms with Gasteiger partial charge in [0, 0.05) is 45.6 Å². The van der Waals surface area contributed by atoms with Crippen molar-refractivity contribution in [1.29, 1.82) is 0 Å². The van der Waals surface area contributed by atoms with Gasteiger partial charge in [-0.1, -0.05) is 0 Å². The maximum atomic E-state index is 13.5. The molecule has 9 heteroatoms. The Hall–Kier alpha value is -1.20. The van der Waals surface area contributed by atoms with E-state index in [0.29, 0.717) is 31.6 Å². The van der Waals surface area contributed by atoms with E-state index < -0.39 is 11.6 Å². The van der Waals surface area contributed by atoms with E-state index in [-0.39, 0.29) is 36.3 Å². The van der Waals surface area contributed by atoms with Gasteiger partial charge in [-0.2, -0.15) is 0 Å². The van der Waals surface area contributed by atoms with Gasteiger partial charge in [-0.25, -0.2) is 8.78 Å². The predicted octanol–water partition coefficient (Wildman–Crippen LogP) is 3.35. The van der Waals surface area contributed by atoms with Gasteiger partial charge < -0.3 is 24.8 Å². The second-order valence-electron chi connectivity index (χ2n) is 6.59. The molecule has 2 N–H and O–H groups in total. The van der Waals surface area contributed by atoms with Crippen LogP contribution in [0.3, 0.4) is 0 Å². The Morgan fingerprint density at radius 2 is 2.00 bits per heavy atom. The van der Waals surface area contributed by atoms with E-state index in [2.05, 4.69) is 15.6 Å². The summed E-state index contributed by atoms with van der Waals surface area (Å²) >= 11 is 0. The highest BCUT2D eigenvalue weighted by Crippen LogP contribution is 2.17. The van der Waals surface area contributed by atoms with Crippen molar-refractivity contribution >= 4 is 29.9 Å². The van der Waals surface area contributed by atoms with Crippen molar-refractivity contribution in [2.75, 3.05) is 52.7 Å². The van der Waals surface area contributed by atoms with Crippen LogP contribution in [-0.4, -0.2) is 58.6 Å². The molecular weight excluding hydrogens is 495 g/mol. The molecule has 6 nitrogen and oxygen atoms in total. The molecule has 29 heavy (non-hydrogen) atoms. The van der Waals surface area contributed by atoms with Gasteiger partial charge in [0.2, 0.25) is 0 Å². The lowest BCUT2D eigenvalue weighted by Crippen LogP contribution is -2.39. The number of rotatable bonds is 11. The van der Waals surface area contributed by atoms with Crippen molar-refractivity contribution in [2.24, 2.45) is 10.9 Å². The van der Waals surface area contributed by atoms with Crippen LogP contribution in [0.1, 0.15) is 26.2 Å². The van der Waals surface area contributed by atoms with Crippen LogP contribution < -0.4 is 15.4 Å². The summed E-state index contributed by atoms with van der Waals surface area (Å²) in [7, 11) is 0. The molecule has 0 saturated carbocycles. The van der Waals surface area contributed by atoms with Crippen LogP contribution in [0.15, 0.2) is 23.2 Å². The van der Waals surface area contributed by atoms with Gasteiger partial charge in [0.1, 0.15) is 12.4 Å². The van der Waals surface area contributed by atoms with Crippen molar-refractivity contribution < 1.29 is 23.0 Å². The second-order valence-corrected chi connectivity index (χ2v) is 6.59. The lowest BCUT2D eigenvalue weighted by Gasteiger charge is -2.21. The zero-order chi connectivity index (χ0) is 20.0. The summed E-state index contributed by atoms with van der Waals surface area (Å²) in [6, 6.07) is 3.25. The average molecular weight is 527 g/mol. The molecule has 2 rings (SSSR count). The molecule has 1 aliphatic heterocycles. The number of hydrogen-bond acceptors (Lipinski definition) is 4. The van der Waals surface area contributed by atoms with E-state index in [1.807, 2.05) is 6.92 Å². The van der Waals surface area contributed by atoms with Crippen LogP contribution in [0.25, 0.3) is 0 Å². The summed E-state index contributed by atoms with van der Waals surface area (Å²) in [5.74, 6) is -0.00768. The van der Waals surface area contributed by atoms with Crippen molar-refractivity contribution in [1.82, 2.24) is 10.6 Å². The maximum Gasteiger partial charge on any atom is 0.191 e. The fourth-order valence-corrected chi connectivity index (χ4v) is 2.78. The fourth-order valence-electron chi connectivity index (χ4n) is 2.78. The van der Waals surface area contributed by atoms with E-state index in [1.165, 1.54) is 12.1 Å². The number of halogens is 3. The molecule has 1 aromatic carbocycles. The molecule has 0 aromatic heterocycles. The summed E-state index contributed by atoms with van der Waals surface area (Å²) in [6.07, 6.45) is 3.00. The number of benzene rings is 1. The second kappa shape index (κ2) is 15.6. The smallest absolute Gasteiger partial charge is 0.191 e. The van der Waals surface area contributed by atoms with Gasteiger partial charge in [0.25, 0.3) is 0 Å².